The first-order chi connectivity index (χ1) is 12.6. The van der Waals surface area contributed by atoms with Crippen molar-refractivity contribution >= 4 is 17.2 Å². The maximum Gasteiger partial charge on any atom is 0.255 e. The Morgan fingerprint density at radius 2 is 1.88 bits per heavy atom. The van der Waals surface area contributed by atoms with Gasteiger partial charge in [-0.3, -0.25) is 4.79 Å². The minimum Gasteiger partial charge on any atom is -0.322 e. The Labute approximate surface area is 152 Å². The van der Waals surface area contributed by atoms with Crippen molar-refractivity contribution in [3.05, 3.63) is 89.7 Å². The highest BCUT2D eigenvalue weighted by molar-refractivity contribution is 6.05. The first kappa shape index (κ1) is 16.1. The first-order valence-electron chi connectivity index (χ1n) is 8.53. The van der Waals surface area contributed by atoms with Gasteiger partial charge in [0.2, 0.25) is 0 Å². The van der Waals surface area contributed by atoms with Crippen LogP contribution in [0, 0.1) is 13.8 Å². The maximum absolute atomic E-state index is 12.6. The largest absolute Gasteiger partial charge is 0.322 e. The molecule has 0 aliphatic heterocycles. The summed E-state index contributed by atoms with van der Waals surface area (Å²) in [5.41, 5.74) is 6.29. The Morgan fingerprint density at radius 1 is 1.00 bits per heavy atom. The summed E-state index contributed by atoms with van der Waals surface area (Å²) in [6, 6.07) is 19.5. The number of amides is 1. The Kier molecular flexibility index (Phi) is 4.01. The Bertz CT molecular complexity index is 1080. The second-order valence-corrected chi connectivity index (χ2v) is 6.45. The number of anilines is 1. The van der Waals surface area contributed by atoms with Crippen molar-refractivity contribution in [2.45, 2.75) is 13.8 Å². The van der Waals surface area contributed by atoms with E-state index in [0.717, 1.165) is 33.7 Å². The van der Waals surface area contributed by atoms with Gasteiger partial charge in [-0.1, -0.05) is 35.9 Å². The smallest absolute Gasteiger partial charge is 0.255 e. The molecule has 0 unspecified atom stereocenters. The topological polar surface area (TPSA) is 46.4 Å². The van der Waals surface area contributed by atoms with Gasteiger partial charge in [0, 0.05) is 29.2 Å². The van der Waals surface area contributed by atoms with Crippen molar-refractivity contribution in [1.29, 1.82) is 0 Å². The Morgan fingerprint density at radius 3 is 2.69 bits per heavy atom. The van der Waals surface area contributed by atoms with Crippen LogP contribution >= 0.6 is 0 Å². The fraction of sp³-hybridized carbons (Fsp3) is 0.0909. The van der Waals surface area contributed by atoms with Gasteiger partial charge in [0.1, 0.15) is 5.65 Å². The lowest BCUT2D eigenvalue weighted by Gasteiger charge is -2.09. The highest BCUT2D eigenvalue weighted by Crippen LogP contribution is 2.23. The number of aryl methyl sites for hydroxylation is 2. The van der Waals surface area contributed by atoms with Gasteiger partial charge in [0.15, 0.2) is 0 Å². The molecule has 2 heterocycles. The van der Waals surface area contributed by atoms with Crippen molar-refractivity contribution in [2.24, 2.45) is 0 Å². The van der Waals surface area contributed by atoms with Gasteiger partial charge in [-0.25, -0.2) is 4.98 Å². The standard InChI is InChI=1S/C22H19N3O/c1-15-9-10-19(16(2)12-15)22(26)23-18-7-5-6-17(13-18)20-14-25-11-4-3-8-21(25)24-20/h3-14H,1-2H3,(H,23,26). The molecule has 0 saturated carbocycles. The fourth-order valence-corrected chi connectivity index (χ4v) is 3.10. The lowest BCUT2D eigenvalue weighted by molar-refractivity contribution is 0.102. The van der Waals surface area contributed by atoms with Crippen molar-refractivity contribution in [1.82, 2.24) is 9.38 Å². The van der Waals surface area contributed by atoms with Crippen molar-refractivity contribution in [3.8, 4) is 11.3 Å². The lowest BCUT2D eigenvalue weighted by Crippen LogP contribution is -2.13. The van der Waals surface area contributed by atoms with Crippen LogP contribution < -0.4 is 5.32 Å². The third-order valence-corrected chi connectivity index (χ3v) is 4.41. The van der Waals surface area contributed by atoms with E-state index in [1.807, 2.05) is 91.3 Å². The van der Waals surface area contributed by atoms with Crippen LogP contribution in [0.15, 0.2) is 73.1 Å². The van der Waals surface area contributed by atoms with Crippen molar-refractivity contribution < 1.29 is 4.79 Å². The van der Waals surface area contributed by atoms with E-state index >= 15 is 0 Å². The van der Waals surface area contributed by atoms with E-state index in [2.05, 4.69) is 10.3 Å². The van der Waals surface area contributed by atoms with Crippen LogP contribution in [0.3, 0.4) is 0 Å². The van der Waals surface area contributed by atoms with Crippen LogP contribution in [0.4, 0.5) is 5.69 Å². The summed E-state index contributed by atoms with van der Waals surface area (Å²) < 4.78 is 1.98. The van der Waals surface area contributed by atoms with E-state index in [9.17, 15) is 4.79 Å². The summed E-state index contributed by atoms with van der Waals surface area (Å²) in [5, 5.41) is 2.99. The number of nitrogens with one attached hydrogen (secondary N) is 1. The molecule has 0 spiro atoms. The minimum atomic E-state index is -0.102. The second kappa shape index (κ2) is 6.48. The quantitative estimate of drug-likeness (QED) is 0.578. The highest BCUT2D eigenvalue weighted by atomic mass is 16.1. The Balaban J connectivity index is 1.62. The molecule has 4 rings (SSSR count). The molecule has 0 fully saturated rings. The summed E-state index contributed by atoms with van der Waals surface area (Å²) in [5.74, 6) is -0.102. The lowest BCUT2D eigenvalue weighted by atomic mass is 10.0. The van der Waals surface area contributed by atoms with Crippen molar-refractivity contribution in [2.75, 3.05) is 5.32 Å². The molecule has 1 amide bonds. The maximum atomic E-state index is 12.6. The van der Waals surface area contributed by atoms with Gasteiger partial charge in [0.05, 0.1) is 5.69 Å². The van der Waals surface area contributed by atoms with E-state index in [1.54, 1.807) is 0 Å². The number of nitrogens with zero attached hydrogens (tertiary/aromatic N) is 2. The second-order valence-electron chi connectivity index (χ2n) is 6.45. The predicted molar refractivity (Wildman–Crippen MR) is 104 cm³/mol. The Hall–Kier alpha value is -3.40. The van der Waals surface area contributed by atoms with E-state index in [-0.39, 0.29) is 5.91 Å². The van der Waals surface area contributed by atoms with E-state index in [1.165, 1.54) is 0 Å². The van der Waals surface area contributed by atoms with Crippen LogP contribution in [0.1, 0.15) is 21.5 Å². The average molecular weight is 341 g/mol. The van der Waals surface area contributed by atoms with Crippen LogP contribution in [0.5, 0.6) is 0 Å². The van der Waals surface area contributed by atoms with Gasteiger partial charge in [-0.2, -0.15) is 0 Å². The summed E-state index contributed by atoms with van der Waals surface area (Å²) in [6.45, 7) is 3.97. The SMILES string of the molecule is Cc1ccc(C(=O)Nc2cccc(-c3cn4ccccc4n3)c2)c(C)c1. The number of carbonyl (C=O) groups excluding carboxylic acids is 1. The van der Waals surface area contributed by atoms with E-state index in [4.69, 9.17) is 0 Å². The average Bonchev–Trinajstić information content (AvgIpc) is 3.06. The molecule has 1 N–H and O–H groups in total. The van der Waals surface area contributed by atoms with E-state index < -0.39 is 0 Å². The van der Waals surface area contributed by atoms with E-state index in [0.29, 0.717) is 5.56 Å². The molecule has 0 aliphatic carbocycles. The molecule has 0 aliphatic rings. The monoisotopic (exact) mass is 341 g/mol. The zero-order chi connectivity index (χ0) is 18.1. The first-order valence-corrected chi connectivity index (χ1v) is 8.53. The summed E-state index contributed by atoms with van der Waals surface area (Å²) in [6.07, 6.45) is 3.96. The fourth-order valence-electron chi connectivity index (χ4n) is 3.10. The van der Waals surface area contributed by atoms with Gasteiger partial charge < -0.3 is 9.72 Å². The number of rotatable bonds is 3. The molecule has 4 aromatic rings. The van der Waals surface area contributed by atoms with Gasteiger partial charge >= 0.3 is 0 Å². The molecule has 2 aromatic heterocycles. The number of aromatic nitrogens is 2. The summed E-state index contributed by atoms with van der Waals surface area (Å²) >= 11 is 0. The molecule has 0 atom stereocenters. The third-order valence-electron chi connectivity index (χ3n) is 4.41. The molecule has 128 valence electrons. The minimum absolute atomic E-state index is 0.102. The number of fused-ring (bicyclic) bond motifs is 1. The molecule has 4 nitrogen and oxygen atoms in total. The number of carbonyl (C=O) groups is 1. The predicted octanol–water partition coefficient (Wildman–Crippen LogP) is 4.87. The van der Waals surface area contributed by atoms with Crippen LogP contribution in [-0.2, 0) is 0 Å². The molecule has 4 heteroatoms. The van der Waals surface area contributed by atoms with Gasteiger partial charge in [-0.05, 0) is 49.7 Å². The number of hydrogen-bond donors (Lipinski definition) is 1. The summed E-state index contributed by atoms with van der Waals surface area (Å²) in [7, 11) is 0. The number of hydrogen-bond acceptors (Lipinski definition) is 2. The molecule has 26 heavy (non-hydrogen) atoms. The number of benzene rings is 2. The molecule has 0 saturated heterocycles. The normalized spacial score (nSPS) is 10.8. The zero-order valence-corrected chi connectivity index (χ0v) is 14.7. The highest BCUT2D eigenvalue weighted by Gasteiger charge is 2.10. The van der Waals surface area contributed by atoms with Crippen LogP contribution in [0.2, 0.25) is 0 Å². The number of pyridine rings is 1. The molecular formula is C22H19N3O. The van der Waals surface area contributed by atoms with Crippen LogP contribution in [-0.4, -0.2) is 15.3 Å². The molecule has 0 radical (unpaired) electrons. The molecule has 2 aromatic carbocycles. The van der Waals surface area contributed by atoms with Crippen LogP contribution in [0.25, 0.3) is 16.9 Å². The van der Waals surface area contributed by atoms with Gasteiger partial charge in [-0.15, -0.1) is 0 Å². The summed E-state index contributed by atoms with van der Waals surface area (Å²) in [4.78, 5) is 17.2. The molecular weight excluding hydrogens is 322 g/mol. The number of imidazole rings is 1. The zero-order valence-electron chi connectivity index (χ0n) is 14.7. The molecule has 0 bridgehead atoms. The van der Waals surface area contributed by atoms with Crippen molar-refractivity contribution in [3.63, 3.8) is 0 Å². The third kappa shape index (κ3) is 3.09. The van der Waals surface area contributed by atoms with Gasteiger partial charge in [0.25, 0.3) is 5.91 Å².